The summed E-state index contributed by atoms with van der Waals surface area (Å²) in [5.74, 6) is -0.0883. The standard InChI is InChI=1S/C12H18FN/c1-9-6-7-11(12(13)8-9)5-3-4-10(2)14/h6-8,10H,3-5,14H2,1-2H3. The van der Waals surface area contributed by atoms with E-state index in [4.69, 9.17) is 5.73 Å². The fourth-order valence-electron chi connectivity index (χ4n) is 1.47. The van der Waals surface area contributed by atoms with Gasteiger partial charge in [-0.25, -0.2) is 4.39 Å². The zero-order chi connectivity index (χ0) is 10.6. The second kappa shape index (κ2) is 5.11. The van der Waals surface area contributed by atoms with E-state index in [1.165, 1.54) is 0 Å². The molecule has 0 aliphatic rings. The van der Waals surface area contributed by atoms with E-state index in [-0.39, 0.29) is 11.9 Å². The summed E-state index contributed by atoms with van der Waals surface area (Å²) in [6.07, 6.45) is 2.69. The summed E-state index contributed by atoms with van der Waals surface area (Å²) < 4.78 is 13.3. The smallest absolute Gasteiger partial charge is 0.126 e. The van der Waals surface area contributed by atoms with Gasteiger partial charge in [-0.1, -0.05) is 12.1 Å². The van der Waals surface area contributed by atoms with Crippen LogP contribution in [0.15, 0.2) is 18.2 Å². The van der Waals surface area contributed by atoms with Gasteiger partial charge in [-0.2, -0.15) is 0 Å². The second-order valence-corrected chi connectivity index (χ2v) is 3.96. The van der Waals surface area contributed by atoms with Gasteiger partial charge in [0.05, 0.1) is 0 Å². The lowest BCUT2D eigenvalue weighted by Gasteiger charge is -2.06. The highest BCUT2D eigenvalue weighted by molar-refractivity contribution is 5.23. The summed E-state index contributed by atoms with van der Waals surface area (Å²) in [5, 5.41) is 0. The van der Waals surface area contributed by atoms with Crippen molar-refractivity contribution in [3.8, 4) is 0 Å². The third-order valence-electron chi connectivity index (χ3n) is 2.31. The Morgan fingerprint density at radius 3 is 2.71 bits per heavy atom. The normalized spacial score (nSPS) is 12.9. The molecule has 0 amide bonds. The molecule has 0 fully saturated rings. The van der Waals surface area contributed by atoms with Crippen LogP contribution in [0.3, 0.4) is 0 Å². The van der Waals surface area contributed by atoms with Gasteiger partial charge in [0.2, 0.25) is 0 Å². The summed E-state index contributed by atoms with van der Waals surface area (Å²) in [6.45, 7) is 3.88. The lowest BCUT2D eigenvalue weighted by molar-refractivity contribution is 0.582. The van der Waals surface area contributed by atoms with Gasteiger partial charge < -0.3 is 5.73 Å². The molecule has 0 aromatic heterocycles. The molecule has 1 atom stereocenters. The molecule has 0 saturated carbocycles. The molecule has 1 nitrogen and oxygen atoms in total. The molecule has 1 unspecified atom stereocenters. The van der Waals surface area contributed by atoms with Crippen molar-refractivity contribution in [2.45, 2.75) is 39.2 Å². The largest absolute Gasteiger partial charge is 0.328 e. The van der Waals surface area contributed by atoms with Gasteiger partial charge in [0, 0.05) is 6.04 Å². The predicted molar refractivity (Wildman–Crippen MR) is 57.7 cm³/mol. The topological polar surface area (TPSA) is 26.0 Å². The number of rotatable bonds is 4. The number of hydrogen-bond donors (Lipinski definition) is 1. The highest BCUT2D eigenvalue weighted by Crippen LogP contribution is 2.12. The maximum absolute atomic E-state index is 13.3. The van der Waals surface area contributed by atoms with E-state index in [1.807, 2.05) is 26.0 Å². The minimum Gasteiger partial charge on any atom is -0.328 e. The zero-order valence-corrected chi connectivity index (χ0v) is 8.89. The van der Waals surface area contributed by atoms with Crippen LogP contribution in [0.5, 0.6) is 0 Å². The number of nitrogens with two attached hydrogens (primary N) is 1. The van der Waals surface area contributed by atoms with Crippen molar-refractivity contribution in [3.63, 3.8) is 0 Å². The minimum absolute atomic E-state index is 0.0883. The first-order valence-corrected chi connectivity index (χ1v) is 5.10. The molecule has 0 spiro atoms. The summed E-state index contributed by atoms with van der Waals surface area (Å²) in [4.78, 5) is 0. The molecule has 14 heavy (non-hydrogen) atoms. The quantitative estimate of drug-likeness (QED) is 0.785. The summed E-state index contributed by atoms with van der Waals surface area (Å²) in [6, 6.07) is 5.61. The molecule has 1 rings (SSSR count). The van der Waals surface area contributed by atoms with Crippen LogP contribution in [0.25, 0.3) is 0 Å². The van der Waals surface area contributed by atoms with E-state index in [1.54, 1.807) is 6.07 Å². The molecule has 2 N–H and O–H groups in total. The van der Waals surface area contributed by atoms with Crippen molar-refractivity contribution in [1.29, 1.82) is 0 Å². The van der Waals surface area contributed by atoms with E-state index in [0.717, 1.165) is 30.4 Å². The van der Waals surface area contributed by atoms with Crippen molar-refractivity contribution >= 4 is 0 Å². The zero-order valence-electron chi connectivity index (χ0n) is 8.89. The maximum Gasteiger partial charge on any atom is 0.126 e. The van der Waals surface area contributed by atoms with Gasteiger partial charge in [-0.3, -0.25) is 0 Å². The molecular weight excluding hydrogens is 177 g/mol. The van der Waals surface area contributed by atoms with Crippen molar-refractivity contribution in [2.75, 3.05) is 0 Å². The van der Waals surface area contributed by atoms with Crippen molar-refractivity contribution in [2.24, 2.45) is 5.73 Å². The third kappa shape index (κ3) is 3.46. The Morgan fingerprint density at radius 2 is 2.14 bits per heavy atom. The third-order valence-corrected chi connectivity index (χ3v) is 2.31. The first-order chi connectivity index (χ1) is 6.59. The number of hydrogen-bond acceptors (Lipinski definition) is 1. The fourth-order valence-corrected chi connectivity index (χ4v) is 1.47. The lowest BCUT2D eigenvalue weighted by atomic mass is 10.0. The molecule has 1 aromatic rings. The van der Waals surface area contributed by atoms with Crippen molar-refractivity contribution < 1.29 is 4.39 Å². The maximum atomic E-state index is 13.3. The number of aryl methyl sites for hydroxylation is 2. The van der Waals surface area contributed by atoms with Crippen LogP contribution in [0, 0.1) is 12.7 Å². The Hall–Kier alpha value is -0.890. The molecule has 0 heterocycles. The monoisotopic (exact) mass is 195 g/mol. The Bertz CT molecular complexity index is 294. The predicted octanol–water partition coefficient (Wildman–Crippen LogP) is 2.80. The minimum atomic E-state index is -0.0883. The molecular formula is C12H18FN. The van der Waals surface area contributed by atoms with E-state index < -0.39 is 0 Å². The molecule has 0 radical (unpaired) electrons. The summed E-state index contributed by atoms with van der Waals surface area (Å²) >= 11 is 0. The van der Waals surface area contributed by atoms with Crippen molar-refractivity contribution in [3.05, 3.63) is 35.1 Å². The van der Waals surface area contributed by atoms with E-state index >= 15 is 0 Å². The Labute approximate surface area is 85.1 Å². The van der Waals surface area contributed by atoms with Crippen LogP contribution in [0.1, 0.15) is 30.9 Å². The molecule has 0 saturated heterocycles. The Balaban J connectivity index is 2.51. The van der Waals surface area contributed by atoms with Gasteiger partial charge >= 0.3 is 0 Å². The highest BCUT2D eigenvalue weighted by atomic mass is 19.1. The van der Waals surface area contributed by atoms with Gasteiger partial charge in [0.25, 0.3) is 0 Å². The van der Waals surface area contributed by atoms with Crippen LogP contribution in [0.2, 0.25) is 0 Å². The van der Waals surface area contributed by atoms with Crippen LogP contribution in [-0.2, 0) is 6.42 Å². The Morgan fingerprint density at radius 1 is 1.43 bits per heavy atom. The average molecular weight is 195 g/mol. The molecule has 78 valence electrons. The first kappa shape index (κ1) is 11.2. The van der Waals surface area contributed by atoms with Crippen LogP contribution in [-0.4, -0.2) is 6.04 Å². The Kier molecular flexibility index (Phi) is 4.08. The molecule has 0 bridgehead atoms. The van der Waals surface area contributed by atoms with E-state index in [9.17, 15) is 4.39 Å². The van der Waals surface area contributed by atoms with Gasteiger partial charge in [-0.05, 0) is 50.3 Å². The second-order valence-electron chi connectivity index (χ2n) is 3.96. The van der Waals surface area contributed by atoms with Gasteiger partial charge in [-0.15, -0.1) is 0 Å². The molecule has 0 aliphatic heterocycles. The van der Waals surface area contributed by atoms with E-state index in [0.29, 0.717) is 0 Å². The average Bonchev–Trinajstić information content (AvgIpc) is 2.08. The van der Waals surface area contributed by atoms with Crippen molar-refractivity contribution in [1.82, 2.24) is 0 Å². The van der Waals surface area contributed by atoms with Crippen LogP contribution < -0.4 is 5.73 Å². The highest BCUT2D eigenvalue weighted by Gasteiger charge is 2.02. The van der Waals surface area contributed by atoms with Gasteiger partial charge in [0.1, 0.15) is 5.82 Å². The first-order valence-electron chi connectivity index (χ1n) is 5.10. The molecule has 2 heteroatoms. The van der Waals surface area contributed by atoms with Crippen LogP contribution in [0.4, 0.5) is 4.39 Å². The van der Waals surface area contributed by atoms with Crippen LogP contribution >= 0.6 is 0 Å². The van der Waals surface area contributed by atoms with E-state index in [2.05, 4.69) is 0 Å². The fraction of sp³-hybridized carbons (Fsp3) is 0.500. The number of benzene rings is 1. The van der Waals surface area contributed by atoms with Gasteiger partial charge in [0.15, 0.2) is 0 Å². The molecule has 1 aromatic carbocycles. The SMILES string of the molecule is Cc1ccc(CCCC(C)N)c(F)c1. The molecule has 0 aliphatic carbocycles. The summed E-state index contributed by atoms with van der Waals surface area (Å²) in [5.41, 5.74) is 7.40. The number of halogens is 1. The summed E-state index contributed by atoms with van der Waals surface area (Å²) in [7, 11) is 0. The lowest BCUT2D eigenvalue weighted by Crippen LogP contribution is -2.14.